The van der Waals surface area contributed by atoms with E-state index in [2.05, 4.69) is 4.98 Å². The van der Waals surface area contributed by atoms with Crippen LogP contribution in [0.15, 0.2) is 42.6 Å². The van der Waals surface area contributed by atoms with Crippen LogP contribution in [0.1, 0.15) is 34.5 Å². The number of benzene rings is 1. The molecule has 2 aromatic rings. The summed E-state index contributed by atoms with van der Waals surface area (Å²) in [6.07, 6.45) is -3.76. The van der Waals surface area contributed by atoms with Crippen molar-refractivity contribution in [1.82, 2.24) is 9.88 Å². The number of nitrogens with zero attached hydrogens (tertiary/aromatic N) is 2. The second-order valence-electron chi connectivity index (χ2n) is 8.70. The summed E-state index contributed by atoms with van der Waals surface area (Å²) in [5, 5.41) is 0. The number of carbonyl (C=O) groups excluding carboxylic acids is 1. The molecule has 2 unspecified atom stereocenters. The first kappa shape index (κ1) is 23.0. The molecule has 11 heteroatoms. The SMILES string of the molecule is O=C(c1ccc(OCC2CC2(F)F)c(C(F)(F)F)c1)N1CC[C@]2(c3ccccn3)OCOC2C1. The van der Waals surface area contributed by atoms with Gasteiger partial charge in [0.2, 0.25) is 0 Å². The van der Waals surface area contributed by atoms with E-state index in [9.17, 15) is 26.7 Å². The molecule has 182 valence electrons. The standard InChI is InChI=1S/C23H21F5N2O4/c24-22(25)10-15(22)12-32-17-5-4-14(9-16(17)23(26,27)28)20(31)30-8-6-21(18-3-1-2-7-29-18)19(11-30)33-13-34-21/h1-5,7,9,15,19H,6,8,10-13H2/t15?,19?,21-/m1/s1. The number of pyridine rings is 1. The summed E-state index contributed by atoms with van der Waals surface area (Å²) >= 11 is 0. The average molecular weight is 484 g/mol. The molecule has 2 saturated heterocycles. The third-order valence-electron chi connectivity index (χ3n) is 6.56. The Morgan fingerprint density at radius 1 is 1.24 bits per heavy atom. The molecule has 3 atom stereocenters. The Balaban J connectivity index is 1.34. The molecule has 5 rings (SSSR count). The van der Waals surface area contributed by atoms with Gasteiger partial charge in [0.15, 0.2) is 0 Å². The van der Waals surface area contributed by atoms with Crippen LogP contribution in [0.25, 0.3) is 0 Å². The number of likely N-dealkylation sites (tertiary alicyclic amines) is 1. The van der Waals surface area contributed by atoms with E-state index in [0.717, 1.165) is 6.07 Å². The maximum absolute atomic E-state index is 13.6. The highest BCUT2D eigenvalue weighted by atomic mass is 19.4. The molecule has 0 N–H and O–H groups in total. The van der Waals surface area contributed by atoms with Crippen LogP contribution < -0.4 is 4.74 Å². The van der Waals surface area contributed by atoms with Gasteiger partial charge in [-0.25, -0.2) is 8.78 Å². The van der Waals surface area contributed by atoms with Gasteiger partial charge in [-0.2, -0.15) is 13.2 Å². The Morgan fingerprint density at radius 2 is 2.03 bits per heavy atom. The van der Waals surface area contributed by atoms with Crippen LogP contribution in [0, 0.1) is 5.92 Å². The normalized spacial score (nSPS) is 27.9. The van der Waals surface area contributed by atoms with Crippen molar-refractivity contribution in [2.75, 3.05) is 26.5 Å². The van der Waals surface area contributed by atoms with Crippen LogP contribution in [-0.2, 0) is 21.3 Å². The fraction of sp³-hybridized carbons (Fsp3) is 0.478. The van der Waals surface area contributed by atoms with Crippen molar-refractivity contribution in [3.63, 3.8) is 0 Å². The highest BCUT2D eigenvalue weighted by molar-refractivity contribution is 5.94. The van der Waals surface area contributed by atoms with Gasteiger partial charge in [0, 0.05) is 31.1 Å². The molecule has 3 heterocycles. The molecule has 1 aromatic heterocycles. The molecular formula is C23H21F5N2O4. The maximum Gasteiger partial charge on any atom is 0.419 e. The molecule has 0 bridgehead atoms. The van der Waals surface area contributed by atoms with Crippen LogP contribution in [0.3, 0.4) is 0 Å². The lowest BCUT2D eigenvalue weighted by Gasteiger charge is -2.41. The Labute approximate surface area is 191 Å². The third-order valence-corrected chi connectivity index (χ3v) is 6.56. The fourth-order valence-corrected chi connectivity index (χ4v) is 4.47. The largest absolute Gasteiger partial charge is 0.492 e. The topological polar surface area (TPSA) is 60.9 Å². The second kappa shape index (κ2) is 8.16. The van der Waals surface area contributed by atoms with Gasteiger partial charge in [-0.1, -0.05) is 6.07 Å². The first-order valence-corrected chi connectivity index (χ1v) is 10.8. The first-order valence-electron chi connectivity index (χ1n) is 10.8. The Kier molecular flexibility index (Phi) is 5.51. The highest BCUT2D eigenvalue weighted by Crippen LogP contribution is 2.49. The predicted molar refractivity (Wildman–Crippen MR) is 107 cm³/mol. The molecule has 34 heavy (non-hydrogen) atoms. The van der Waals surface area contributed by atoms with Gasteiger partial charge in [-0.15, -0.1) is 0 Å². The number of alkyl halides is 5. The lowest BCUT2D eigenvalue weighted by Crippen LogP contribution is -2.53. The van der Waals surface area contributed by atoms with Gasteiger partial charge < -0.3 is 19.1 Å². The molecule has 3 fully saturated rings. The lowest BCUT2D eigenvalue weighted by molar-refractivity contribution is -0.139. The van der Waals surface area contributed by atoms with Crippen molar-refractivity contribution < 1.29 is 41.0 Å². The second-order valence-corrected chi connectivity index (χ2v) is 8.70. The van der Waals surface area contributed by atoms with E-state index in [1.165, 1.54) is 11.0 Å². The predicted octanol–water partition coefficient (Wildman–Crippen LogP) is 4.25. The number of amides is 1. The summed E-state index contributed by atoms with van der Waals surface area (Å²) in [4.78, 5) is 18.9. The van der Waals surface area contributed by atoms with Crippen molar-refractivity contribution >= 4 is 5.91 Å². The number of hydrogen-bond donors (Lipinski definition) is 0. The molecule has 1 saturated carbocycles. The molecule has 1 aromatic carbocycles. The summed E-state index contributed by atoms with van der Waals surface area (Å²) < 4.78 is 83.7. The van der Waals surface area contributed by atoms with Gasteiger partial charge in [0.05, 0.1) is 30.3 Å². The quantitative estimate of drug-likeness (QED) is 0.594. The van der Waals surface area contributed by atoms with Crippen molar-refractivity contribution in [2.45, 2.75) is 36.6 Å². The van der Waals surface area contributed by atoms with E-state index >= 15 is 0 Å². The van der Waals surface area contributed by atoms with Crippen molar-refractivity contribution in [1.29, 1.82) is 0 Å². The summed E-state index contributed by atoms with van der Waals surface area (Å²) in [6, 6.07) is 8.32. The van der Waals surface area contributed by atoms with Gasteiger partial charge >= 0.3 is 6.18 Å². The van der Waals surface area contributed by atoms with Crippen LogP contribution in [0.2, 0.25) is 0 Å². The minimum absolute atomic E-state index is 0.0214. The van der Waals surface area contributed by atoms with E-state index in [-0.39, 0.29) is 25.4 Å². The summed E-state index contributed by atoms with van der Waals surface area (Å²) in [5.41, 5.74) is -1.51. The van der Waals surface area contributed by atoms with Gasteiger partial charge in [0.25, 0.3) is 11.8 Å². The van der Waals surface area contributed by atoms with E-state index in [1.807, 2.05) is 12.1 Å². The molecule has 1 amide bonds. The summed E-state index contributed by atoms with van der Waals surface area (Å²) in [7, 11) is 0. The molecule has 0 spiro atoms. The maximum atomic E-state index is 13.6. The van der Waals surface area contributed by atoms with Crippen LogP contribution in [0.5, 0.6) is 5.75 Å². The molecular weight excluding hydrogens is 463 g/mol. The number of halogens is 5. The van der Waals surface area contributed by atoms with Gasteiger partial charge in [-0.05, 0) is 30.3 Å². The van der Waals surface area contributed by atoms with E-state index in [1.54, 1.807) is 12.3 Å². The van der Waals surface area contributed by atoms with E-state index < -0.39 is 60.0 Å². The number of hydrogen-bond acceptors (Lipinski definition) is 5. The zero-order chi connectivity index (χ0) is 24.1. The van der Waals surface area contributed by atoms with Crippen LogP contribution >= 0.6 is 0 Å². The van der Waals surface area contributed by atoms with Gasteiger partial charge in [-0.3, -0.25) is 9.78 Å². The van der Waals surface area contributed by atoms with Crippen molar-refractivity contribution in [3.05, 3.63) is 59.4 Å². The minimum Gasteiger partial charge on any atom is -0.492 e. The zero-order valence-corrected chi connectivity index (χ0v) is 17.9. The number of ether oxygens (including phenoxy) is 3. The average Bonchev–Trinajstić information content (AvgIpc) is 3.22. The Morgan fingerprint density at radius 3 is 2.71 bits per heavy atom. The van der Waals surface area contributed by atoms with Crippen molar-refractivity contribution in [2.24, 2.45) is 5.92 Å². The molecule has 2 aliphatic heterocycles. The van der Waals surface area contributed by atoms with Crippen LogP contribution in [0.4, 0.5) is 22.0 Å². The van der Waals surface area contributed by atoms with Crippen molar-refractivity contribution in [3.8, 4) is 5.75 Å². The Hall–Kier alpha value is -2.79. The number of fused-ring (bicyclic) bond motifs is 1. The third kappa shape index (κ3) is 4.11. The molecule has 3 aliphatic rings. The number of carbonyl (C=O) groups is 1. The Bertz CT molecular complexity index is 1080. The zero-order valence-electron chi connectivity index (χ0n) is 17.9. The minimum atomic E-state index is -4.82. The summed E-state index contributed by atoms with van der Waals surface area (Å²) in [6.45, 7) is -0.158. The monoisotopic (exact) mass is 484 g/mol. The smallest absolute Gasteiger partial charge is 0.419 e. The van der Waals surface area contributed by atoms with Gasteiger partial charge in [0.1, 0.15) is 24.2 Å². The number of aromatic nitrogens is 1. The molecule has 0 radical (unpaired) electrons. The fourth-order valence-electron chi connectivity index (χ4n) is 4.47. The first-order chi connectivity index (χ1) is 16.1. The number of rotatable bonds is 5. The van der Waals surface area contributed by atoms with E-state index in [0.29, 0.717) is 18.2 Å². The lowest BCUT2D eigenvalue weighted by atomic mass is 9.85. The van der Waals surface area contributed by atoms with E-state index in [4.69, 9.17) is 14.2 Å². The molecule has 1 aliphatic carbocycles. The molecule has 6 nitrogen and oxygen atoms in total. The van der Waals surface area contributed by atoms with Crippen LogP contribution in [-0.4, -0.2) is 54.3 Å². The summed E-state index contributed by atoms with van der Waals surface area (Å²) in [5.74, 6) is -5.18. The highest BCUT2D eigenvalue weighted by Gasteiger charge is 2.57. The number of piperidine rings is 1.